The molecule has 0 radical (unpaired) electrons. The average Bonchev–Trinajstić information content (AvgIpc) is 2.44. The Kier molecular flexibility index (Phi) is 4.69. The van der Waals surface area contributed by atoms with E-state index in [1.165, 1.54) is 24.3 Å². The van der Waals surface area contributed by atoms with Crippen LogP contribution in [0.3, 0.4) is 0 Å². The molecule has 1 heterocycles. The minimum Gasteiger partial charge on any atom is -0.298 e. The van der Waals surface area contributed by atoms with E-state index in [0.717, 1.165) is 13.1 Å². The summed E-state index contributed by atoms with van der Waals surface area (Å²) in [7, 11) is 2.10. The predicted octanol–water partition coefficient (Wildman–Crippen LogP) is 1.80. The third-order valence-corrected chi connectivity index (χ3v) is 4.20. The molecule has 1 fully saturated rings. The first-order chi connectivity index (χ1) is 9.88. The Hall–Kier alpha value is -1.79. The van der Waals surface area contributed by atoms with E-state index in [1.54, 1.807) is 0 Å². The topological polar surface area (TPSA) is 66.7 Å². The second-order valence-corrected chi connectivity index (χ2v) is 5.78. The van der Waals surface area contributed by atoms with Gasteiger partial charge in [0.1, 0.15) is 0 Å². The summed E-state index contributed by atoms with van der Waals surface area (Å²) in [5.74, 6) is 0.00820. The van der Waals surface area contributed by atoms with Crippen molar-refractivity contribution in [3.05, 3.63) is 39.9 Å². The van der Waals surface area contributed by atoms with Crippen LogP contribution in [0.25, 0.3) is 0 Å². The van der Waals surface area contributed by atoms with Crippen molar-refractivity contribution in [1.82, 2.24) is 9.80 Å². The standard InChI is InChI=1S/C15H21N3O3/c1-11-8-17(9-12(2)16(11)3)10-15(19)13-4-6-14(7-5-13)18(20)21/h4-7,11-12H,8-10H2,1-3H3. The van der Waals surface area contributed by atoms with E-state index in [0.29, 0.717) is 24.2 Å². The highest BCUT2D eigenvalue weighted by molar-refractivity contribution is 5.97. The number of ketones is 1. The summed E-state index contributed by atoms with van der Waals surface area (Å²) in [4.78, 5) is 26.9. The first kappa shape index (κ1) is 15.6. The van der Waals surface area contributed by atoms with Crippen molar-refractivity contribution in [2.75, 3.05) is 26.7 Å². The molecule has 0 amide bonds. The van der Waals surface area contributed by atoms with Crippen LogP contribution in [0.1, 0.15) is 24.2 Å². The lowest BCUT2D eigenvalue weighted by molar-refractivity contribution is -0.384. The van der Waals surface area contributed by atoms with Gasteiger partial charge in [-0.05, 0) is 33.0 Å². The first-order valence-electron chi connectivity index (χ1n) is 7.10. The number of carbonyl (C=O) groups excluding carboxylic acids is 1. The molecule has 6 nitrogen and oxygen atoms in total. The highest BCUT2D eigenvalue weighted by Gasteiger charge is 2.27. The van der Waals surface area contributed by atoms with Crippen molar-refractivity contribution < 1.29 is 9.72 Å². The van der Waals surface area contributed by atoms with Crippen LogP contribution in [0.5, 0.6) is 0 Å². The van der Waals surface area contributed by atoms with E-state index < -0.39 is 4.92 Å². The number of Topliss-reactive ketones (excluding diaryl/α,β-unsaturated/α-hetero) is 1. The zero-order chi connectivity index (χ0) is 15.6. The van der Waals surface area contributed by atoms with E-state index in [4.69, 9.17) is 0 Å². The molecule has 0 N–H and O–H groups in total. The Labute approximate surface area is 124 Å². The zero-order valence-electron chi connectivity index (χ0n) is 12.7. The molecule has 0 spiro atoms. The number of non-ortho nitro benzene ring substituents is 1. The SMILES string of the molecule is CC1CN(CC(=O)c2ccc([N+](=O)[O-])cc2)CC(C)N1C. The number of likely N-dealkylation sites (N-methyl/N-ethyl adjacent to an activating group) is 1. The zero-order valence-corrected chi connectivity index (χ0v) is 12.7. The highest BCUT2D eigenvalue weighted by atomic mass is 16.6. The van der Waals surface area contributed by atoms with E-state index in [-0.39, 0.29) is 11.5 Å². The molecule has 114 valence electrons. The van der Waals surface area contributed by atoms with Gasteiger partial charge in [-0.2, -0.15) is 0 Å². The molecule has 1 aromatic rings. The molecule has 1 saturated heterocycles. The monoisotopic (exact) mass is 291 g/mol. The van der Waals surface area contributed by atoms with Gasteiger partial charge in [0, 0.05) is 42.9 Å². The fourth-order valence-electron chi connectivity index (χ4n) is 2.71. The number of piperazine rings is 1. The fourth-order valence-corrected chi connectivity index (χ4v) is 2.71. The van der Waals surface area contributed by atoms with Crippen LogP contribution >= 0.6 is 0 Å². The van der Waals surface area contributed by atoms with E-state index in [1.807, 2.05) is 0 Å². The number of rotatable bonds is 4. The molecule has 1 aliphatic heterocycles. The maximum Gasteiger partial charge on any atom is 0.269 e. The molecular formula is C15H21N3O3. The van der Waals surface area contributed by atoms with Crippen molar-refractivity contribution in [3.63, 3.8) is 0 Å². The molecular weight excluding hydrogens is 270 g/mol. The van der Waals surface area contributed by atoms with E-state index in [9.17, 15) is 14.9 Å². The molecule has 21 heavy (non-hydrogen) atoms. The number of nitro benzene ring substituents is 1. The van der Waals surface area contributed by atoms with Gasteiger partial charge in [-0.1, -0.05) is 0 Å². The average molecular weight is 291 g/mol. The van der Waals surface area contributed by atoms with Crippen molar-refractivity contribution in [1.29, 1.82) is 0 Å². The third kappa shape index (κ3) is 3.65. The summed E-state index contributed by atoms with van der Waals surface area (Å²) in [6.07, 6.45) is 0. The van der Waals surface area contributed by atoms with Crippen molar-refractivity contribution in [2.24, 2.45) is 0 Å². The second kappa shape index (κ2) is 6.32. The molecule has 6 heteroatoms. The maximum atomic E-state index is 12.3. The molecule has 1 aliphatic rings. The van der Waals surface area contributed by atoms with Gasteiger partial charge < -0.3 is 0 Å². The Morgan fingerprint density at radius 1 is 1.24 bits per heavy atom. The Morgan fingerprint density at radius 2 is 1.76 bits per heavy atom. The number of nitro groups is 1. The van der Waals surface area contributed by atoms with Gasteiger partial charge in [0.2, 0.25) is 0 Å². The molecule has 2 atom stereocenters. The van der Waals surface area contributed by atoms with E-state index in [2.05, 4.69) is 30.7 Å². The lowest BCUT2D eigenvalue weighted by Gasteiger charge is -2.42. The minimum atomic E-state index is -0.460. The lowest BCUT2D eigenvalue weighted by atomic mass is 10.1. The molecule has 0 aliphatic carbocycles. The highest BCUT2D eigenvalue weighted by Crippen LogP contribution is 2.16. The van der Waals surface area contributed by atoms with Crippen LogP contribution < -0.4 is 0 Å². The van der Waals surface area contributed by atoms with Crippen LogP contribution in [-0.2, 0) is 0 Å². The van der Waals surface area contributed by atoms with E-state index >= 15 is 0 Å². The predicted molar refractivity (Wildman–Crippen MR) is 80.6 cm³/mol. The van der Waals surface area contributed by atoms with Gasteiger partial charge in [0.15, 0.2) is 5.78 Å². The molecule has 2 rings (SSSR count). The van der Waals surface area contributed by atoms with Crippen molar-refractivity contribution in [3.8, 4) is 0 Å². The summed E-state index contributed by atoms with van der Waals surface area (Å²) in [5, 5.41) is 10.6. The third-order valence-electron chi connectivity index (χ3n) is 4.20. The maximum absolute atomic E-state index is 12.3. The van der Waals surface area contributed by atoms with Gasteiger partial charge in [-0.3, -0.25) is 24.7 Å². The van der Waals surface area contributed by atoms with Crippen LogP contribution in [-0.4, -0.2) is 59.3 Å². The quantitative estimate of drug-likeness (QED) is 0.481. The van der Waals surface area contributed by atoms with Crippen LogP contribution in [0.4, 0.5) is 5.69 Å². The summed E-state index contributed by atoms with van der Waals surface area (Å²) in [5.41, 5.74) is 0.535. The Balaban J connectivity index is 1.99. The number of carbonyl (C=O) groups is 1. The van der Waals surface area contributed by atoms with Crippen LogP contribution in [0.2, 0.25) is 0 Å². The normalized spacial score (nSPS) is 24.0. The molecule has 0 aromatic heterocycles. The lowest BCUT2D eigenvalue weighted by Crippen LogP contribution is -2.55. The summed E-state index contributed by atoms with van der Waals surface area (Å²) in [6, 6.07) is 6.65. The molecule has 1 aromatic carbocycles. The Bertz CT molecular complexity index is 517. The fraction of sp³-hybridized carbons (Fsp3) is 0.533. The van der Waals surface area contributed by atoms with Gasteiger partial charge in [0.05, 0.1) is 11.5 Å². The summed E-state index contributed by atoms with van der Waals surface area (Å²) < 4.78 is 0. The van der Waals surface area contributed by atoms with Crippen molar-refractivity contribution in [2.45, 2.75) is 25.9 Å². The van der Waals surface area contributed by atoms with Gasteiger partial charge in [-0.25, -0.2) is 0 Å². The second-order valence-electron chi connectivity index (χ2n) is 5.78. The van der Waals surface area contributed by atoms with Crippen molar-refractivity contribution >= 4 is 11.5 Å². The largest absolute Gasteiger partial charge is 0.298 e. The van der Waals surface area contributed by atoms with Gasteiger partial charge in [-0.15, -0.1) is 0 Å². The number of hydrogen-bond acceptors (Lipinski definition) is 5. The number of benzene rings is 1. The minimum absolute atomic E-state index is 0.00777. The first-order valence-corrected chi connectivity index (χ1v) is 7.10. The van der Waals surface area contributed by atoms with Gasteiger partial charge in [0.25, 0.3) is 5.69 Å². The Morgan fingerprint density at radius 3 is 2.24 bits per heavy atom. The molecule has 0 bridgehead atoms. The van der Waals surface area contributed by atoms with Gasteiger partial charge >= 0.3 is 0 Å². The smallest absolute Gasteiger partial charge is 0.269 e. The summed E-state index contributed by atoms with van der Waals surface area (Å²) in [6.45, 7) is 6.39. The number of nitrogens with zero attached hydrogens (tertiary/aromatic N) is 3. The van der Waals surface area contributed by atoms with Crippen LogP contribution in [0, 0.1) is 10.1 Å². The number of hydrogen-bond donors (Lipinski definition) is 0. The molecule has 2 unspecified atom stereocenters. The summed E-state index contributed by atoms with van der Waals surface area (Å²) >= 11 is 0. The van der Waals surface area contributed by atoms with Crippen LogP contribution in [0.15, 0.2) is 24.3 Å². The molecule has 0 saturated carbocycles.